The van der Waals surface area contributed by atoms with Gasteiger partial charge < -0.3 is 10.2 Å². The second-order valence-electron chi connectivity index (χ2n) is 5.15. The van der Waals surface area contributed by atoms with Gasteiger partial charge in [0.05, 0.1) is 5.39 Å². The van der Waals surface area contributed by atoms with Gasteiger partial charge in [-0.3, -0.25) is 9.78 Å². The third-order valence-corrected chi connectivity index (χ3v) is 4.88. The van der Waals surface area contributed by atoms with Crippen LogP contribution >= 0.6 is 11.3 Å². The Labute approximate surface area is 122 Å². The molecule has 3 rings (SSSR count). The van der Waals surface area contributed by atoms with Crippen molar-refractivity contribution in [2.24, 2.45) is 0 Å². The van der Waals surface area contributed by atoms with Crippen LogP contribution in [-0.2, 0) is 6.42 Å². The van der Waals surface area contributed by atoms with Crippen molar-refractivity contribution in [1.29, 1.82) is 0 Å². The Hall–Kier alpha value is -1.40. The summed E-state index contributed by atoms with van der Waals surface area (Å²) < 4.78 is 0. The first-order valence-corrected chi connectivity index (χ1v) is 8.00. The highest BCUT2D eigenvalue weighted by molar-refractivity contribution is 7.18. The number of aromatic nitrogens is 2. The minimum absolute atomic E-state index is 0.00315. The van der Waals surface area contributed by atoms with E-state index < -0.39 is 0 Å². The number of hydrogen-bond donors (Lipinski definition) is 2. The van der Waals surface area contributed by atoms with Gasteiger partial charge in [-0.25, -0.2) is 4.98 Å². The van der Waals surface area contributed by atoms with Crippen molar-refractivity contribution in [1.82, 2.24) is 15.3 Å². The van der Waals surface area contributed by atoms with Crippen molar-refractivity contribution >= 4 is 27.5 Å². The van der Waals surface area contributed by atoms with E-state index in [9.17, 15) is 4.79 Å². The molecule has 5 nitrogen and oxygen atoms in total. The van der Waals surface area contributed by atoms with E-state index in [0.717, 1.165) is 60.7 Å². The van der Waals surface area contributed by atoms with Crippen LogP contribution in [0.4, 0.5) is 5.95 Å². The number of aryl methyl sites for hydroxylation is 2. The highest BCUT2D eigenvalue weighted by Gasteiger charge is 2.17. The van der Waals surface area contributed by atoms with E-state index in [1.165, 1.54) is 4.88 Å². The fourth-order valence-corrected chi connectivity index (χ4v) is 3.91. The average Bonchev–Trinajstić information content (AvgIpc) is 2.63. The Morgan fingerprint density at radius 2 is 2.20 bits per heavy atom. The Kier molecular flexibility index (Phi) is 3.76. The quantitative estimate of drug-likeness (QED) is 0.883. The van der Waals surface area contributed by atoms with Crippen molar-refractivity contribution in [3.8, 4) is 0 Å². The molecule has 0 spiro atoms. The molecule has 3 heterocycles. The number of thiophene rings is 1. The number of H-pyrrole nitrogens is 1. The predicted molar refractivity (Wildman–Crippen MR) is 84.1 cm³/mol. The summed E-state index contributed by atoms with van der Waals surface area (Å²) in [4.78, 5) is 24.3. The van der Waals surface area contributed by atoms with Crippen molar-refractivity contribution < 1.29 is 0 Å². The van der Waals surface area contributed by atoms with Gasteiger partial charge in [0.2, 0.25) is 5.95 Å². The third-order valence-electron chi connectivity index (χ3n) is 3.84. The summed E-state index contributed by atoms with van der Waals surface area (Å²) in [6.07, 6.45) is 1.95. The predicted octanol–water partition coefficient (Wildman–Crippen LogP) is 1.66. The van der Waals surface area contributed by atoms with Gasteiger partial charge in [0.1, 0.15) is 4.83 Å². The molecule has 2 aromatic rings. The zero-order valence-corrected chi connectivity index (χ0v) is 12.8. The van der Waals surface area contributed by atoms with Crippen LogP contribution in [0.3, 0.4) is 0 Å². The molecule has 1 fully saturated rings. The maximum absolute atomic E-state index is 12.4. The molecule has 20 heavy (non-hydrogen) atoms. The van der Waals surface area contributed by atoms with Crippen LogP contribution in [0.15, 0.2) is 4.79 Å². The SMILES string of the molecule is CCc1c(C)sc2nc(N3CCCNCC3)[nH]c(=O)c12. The van der Waals surface area contributed by atoms with Gasteiger partial charge in [-0.15, -0.1) is 11.3 Å². The summed E-state index contributed by atoms with van der Waals surface area (Å²) in [6, 6.07) is 0. The molecule has 0 bridgehead atoms. The fraction of sp³-hybridized carbons (Fsp3) is 0.571. The number of aromatic amines is 1. The minimum Gasteiger partial charge on any atom is -0.341 e. The molecule has 1 aliphatic heterocycles. The summed E-state index contributed by atoms with van der Waals surface area (Å²) in [6.45, 7) is 7.95. The third kappa shape index (κ3) is 2.33. The van der Waals surface area contributed by atoms with Crippen LogP contribution < -0.4 is 15.8 Å². The molecule has 0 aliphatic carbocycles. The van der Waals surface area contributed by atoms with E-state index in [0.29, 0.717) is 0 Å². The molecular weight excluding hydrogens is 272 g/mol. The molecule has 0 amide bonds. The van der Waals surface area contributed by atoms with Gasteiger partial charge in [0.25, 0.3) is 5.56 Å². The standard InChI is InChI=1S/C14H20N4OS/c1-3-10-9(2)20-13-11(10)12(19)16-14(17-13)18-7-4-5-15-6-8-18/h15H,3-8H2,1-2H3,(H,16,17,19). The van der Waals surface area contributed by atoms with Gasteiger partial charge >= 0.3 is 0 Å². The molecule has 0 radical (unpaired) electrons. The Balaban J connectivity index is 2.07. The summed E-state index contributed by atoms with van der Waals surface area (Å²) in [5.74, 6) is 0.718. The van der Waals surface area contributed by atoms with Crippen LogP contribution in [0.2, 0.25) is 0 Å². The summed E-state index contributed by atoms with van der Waals surface area (Å²) in [5, 5.41) is 4.15. The largest absolute Gasteiger partial charge is 0.341 e. The number of rotatable bonds is 2. The molecule has 0 aromatic carbocycles. The maximum Gasteiger partial charge on any atom is 0.261 e. The lowest BCUT2D eigenvalue weighted by Gasteiger charge is -2.20. The Morgan fingerprint density at radius 3 is 3.00 bits per heavy atom. The first kappa shape index (κ1) is 13.6. The van der Waals surface area contributed by atoms with Gasteiger partial charge in [-0.2, -0.15) is 0 Å². The van der Waals surface area contributed by atoms with Crippen LogP contribution in [0, 0.1) is 6.92 Å². The lowest BCUT2D eigenvalue weighted by atomic mass is 10.1. The number of hydrogen-bond acceptors (Lipinski definition) is 5. The number of nitrogens with zero attached hydrogens (tertiary/aromatic N) is 2. The Bertz CT molecular complexity index is 668. The summed E-state index contributed by atoms with van der Waals surface area (Å²) >= 11 is 1.63. The molecule has 1 aliphatic rings. The second kappa shape index (κ2) is 5.54. The Morgan fingerprint density at radius 1 is 1.35 bits per heavy atom. The minimum atomic E-state index is 0.00315. The zero-order valence-electron chi connectivity index (χ0n) is 12.0. The van der Waals surface area contributed by atoms with E-state index in [-0.39, 0.29) is 5.56 Å². The van der Waals surface area contributed by atoms with Crippen LogP contribution in [-0.4, -0.2) is 36.1 Å². The summed E-state index contributed by atoms with van der Waals surface area (Å²) in [7, 11) is 0. The van der Waals surface area contributed by atoms with Gasteiger partial charge in [-0.1, -0.05) is 6.92 Å². The van der Waals surface area contributed by atoms with Crippen LogP contribution in [0.1, 0.15) is 23.8 Å². The number of anilines is 1. The fourth-order valence-electron chi connectivity index (χ4n) is 2.80. The topological polar surface area (TPSA) is 61.0 Å². The first-order valence-electron chi connectivity index (χ1n) is 7.18. The maximum atomic E-state index is 12.4. The van der Waals surface area contributed by atoms with Crippen LogP contribution in [0.25, 0.3) is 10.2 Å². The van der Waals surface area contributed by atoms with Crippen LogP contribution in [0.5, 0.6) is 0 Å². The van der Waals surface area contributed by atoms with Crippen molar-refractivity contribution in [3.63, 3.8) is 0 Å². The lowest BCUT2D eigenvalue weighted by Crippen LogP contribution is -2.31. The van der Waals surface area contributed by atoms with Crippen molar-refractivity contribution in [3.05, 3.63) is 20.8 Å². The lowest BCUT2D eigenvalue weighted by molar-refractivity contribution is 0.724. The van der Waals surface area contributed by atoms with Gasteiger partial charge in [0.15, 0.2) is 0 Å². The zero-order chi connectivity index (χ0) is 14.1. The van der Waals surface area contributed by atoms with E-state index in [2.05, 4.69) is 29.0 Å². The normalized spacial score (nSPS) is 16.6. The highest BCUT2D eigenvalue weighted by atomic mass is 32.1. The molecule has 0 unspecified atom stereocenters. The smallest absolute Gasteiger partial charge is 0.261 e. The molecular formula is C14H20N4OS. The molecule has 2 N–H and O–H groups in total. The molecule has 0 atom stereocenters. The van der Waals surface area contributed by atoms with Gasteiger partial charge in [0, 0.05) is 24.5 Å². The summed E-state index contributed by atoms with van der Waals surface area (Å²) in [5.41, 5.74) is 1.14. The van der Waals surface area contributed by atoms with E-state index in [1.807, 2.05) is 0 Å². The molecule has 0 saturated carbocycles. The van der Waals surface area contributed by atoms with E-state index in [4.69, 9.17) is 4.98 Å². The first-order chi connectivity index (χ1) is 9.70. The van der Waals surface area contributed by atoms with Crippen molar-refractivity contribution in [2.45, 2.75) is 26.7 Å². The van der Waals surface area contributed by atoms with E-state index in [1.54, 1.807) is 11.3 Å². The monoisotopic (exact) mass is 292 g/mol. The highest BCUT2D eigenvalue weighted by Crippen LogP contribution is 2.28. The molecule has 1 saturated heterocycles. The molecule has 2 aromatic heterocycles. The number of fused-ring (bicyclic) bond motifs is 1. The van der Waals surface area contributed by atoms with Crippen molar-refractivity contribution in [2.75, 3.05) is 31.1 Å². The number of nitrogens with one attached hydrogen (secondary N) is 2. The average molecular weight is 292 g/mol. The van der Waals surface area contributed by atoms with E-state index >= 15 is 0 Å². The molecule has 108 valence electrons. The second-order valence-corrected chi connectivity index (χ2v) is 6.35. The van der Waals surface area contributed by atoms with Gasteiger partial charge in [-0.05, 0) is 31.9 Å². The molecule has 6 heteroatoms.